The van der Waals surface area contributed by atoms with Gasteiger partial charge in [-0.3, -0.25) is 4.79 Å². The molecule has 0 fully saturated rings. The van der Waals surface area contributed by atoms with Crippen LogP contribution in [0.25, 0.3) is 0 Å². The number of nitrogens with one attached hydrogen (secondary N) is 1. The summed E-state index contributed by atoms with van der Waals surface area (Å²) in [5, 5.41) is 3.01. The summed E-state index contributed by atoms with van der Waals surface area (Å²) in [4.78, 5) is 11.7. The smallest absolute Gasteiger partial charge is 0.230 e. The van der Waals surface area contributed by atoms with Crippen molar-refractivity contribution in [1.82, 2.24) is 5.32 Å². The number of carbonyl (C=O) groups excluding carboxylic acids is 1. The molecule has 0 unspecified atom stereocenters. The Labute approximate surface area is 120 Å². The van der Waals surface area contributed by atoms with Gasteiger partial charge in [-0.15, -0.1) is 11.8 Å². The predicted octanol–water partition coefficient (Wildman–Crippen LogP) is 3.10. The van der Waals surface area contributed by atoms with Crippen LogP contribution in [0.5, 0.6) is 5.75 Å². The van der Waals surface area contributed by atoms with Crippen LogP contribution in [0.4, 0.5) is 0 Å². The first kappa shape index (κ1) is 15.9. The van der Waals surface area contributed by atoms with Gasteiger partial charge in [0.05, 0.1) is 12.4 Å². The first-order valence-electron chi connectivity index (χ1n) is 6.60. The summed E-state index contributed by atoms with van der Waals surface area (Å²) in [7, 11) is 0. The quantitative estimate of drug-likeness (QED) is 0.744. The van der Waals surface area contributed by atoms with Crippen molar-refractivity contribution in [3.8, 4) is 5.75 Å². The Morgan fingerprint density at radius 1 is 1.32 bits per heavy atom. The Morgan fingerprint density at radius 3 is 2.63 bits per heavy atom. The number of amides is 1. The number of ether oxygens (including phenoxy) is 1. The summed E-state index contributed by atoms with van der Waals surface area (Å²) >= 11 is 1.59. The number of hydrogen-bond acceptors (Lipinski definition) is 3. The van der Waals surface area contributed by atoms with Crippen molar-refractivity contribution in [3.05, 3.63) is 30.3 Å². The second kappa shape index (κ2) is 8.10. The number of thioether (sulfide) groups is 1. The summed E-state index contributed by atoms with van der Waals surface area (Å²) in [5.74, 6) is 2.27. The van der Waals surface area contributed by atoms with E-state index in [9.17, 15) is 4.79 Å². The molecular formula is C15H23NO2S. The molecule has 1 rings (SSSR count). The van der Waals surface area contributed by atoms with E-state index >= 15 is 0 Å². The molecule has 1 N–H and O–H groups in total. The molecule has 0 aliphatic rings. The maximum atomic E-state index is 11.7. The van der Waals surface area contributed by atoms with Crippen LogP contribution in [0.3, 0.4) is 0 Å². The summed E-state index contributed by atoms with van der Waals surface area (Å²) in [6, 6.07) is 9.72. The lowest BCUT2D eigenvalue weighted by Crippen LogP contribution is -2.43. The van der Waals surface area contributed by atoms with Crippen LogP contribution in [0.15, 0.2) is 30.3 Å². The molecule has 0 saturated heterocycles. The molecular weight excluding hydrogens is 258 g/mol. The zero-order valence-electron chi connectivity index (χ0n) is 11.9. The average Bonchev–Trinajstić information content (AvgIpc) is 2.39. The lowest BCUT2D eigenvalue weighted by molar-refractivity contribution is -0.120. The van der Waals surface area contributed by atoms with E-state index in [2.05, 4.69) is 12.2 Å². The molecule has 0 atom stereocenters. The van der Waals surface area contributed by atoms with Crippen molar-refractivity contribution in [2.45, 2.75) is 32.7 Å². The van der Waals surface area contributed by atoms with E-state index in [4.69, 9.17) is 4.74 Å². The maximum absolute atomic E-state index is 11.7. The highest BCUT2D eigenvalue weighted by Crippen LogP contribution is 2.10. The van der Waals surface area contributed by atoms with Gasteiger partial charge in [-0.25, -0.2) is 0 Å². The van der Waals surface area contributed by atoms with Crippen LogP contribution >= 0.6 is 11.8 Å². The SMILES string of the molecule is CCC(C)(C)NC(=O)CSCCOc1ccccc1. The first-order valence-corrected chi connectivity index (χ1v) is 7.75. The molecule has 1 aromatic rings. The van der Waals surface area contributed by atoms with Crippen LogP contribution in [0, 0.1) is 0 Å². The van der Waals surface area contributed by atoms with E-state index in [-0.39, 0.29) is 11.4 Å². The molecule has 0 bridgehead atoms. The molecule has 0 spiro atoms. The highest BCUT2D eigenvalue weighted by Gasteiger charge is 2.17. The molecule has 0 saturated carbocycles. The molecule has 19 heavy (non-hydrogen) atoms. The van der Waals surface area contributed by atoms with Crippen LogP contribution in [-0.2, 0) is 4.79 Å². The minimum atomic E-state index is -0.113. The largest absolute Gasteiger partial charge is 0.493 e. The van der Waals surface area contributed by atoms with Crippen molar-refractivity contribution < 1.29 is 9.53 Å². The second-order valence-electron chi connectivity index (χ2n) is 5.00. The average molecular weight is 281 g/mol. The molecule has 106 valence electrons. The van der Waals surface area contributed by atoms with Gasteiger partial charge >= 0.3 is 0 Å². The first-order chi connectivity index (χ1) is 9.03. The summed E-state index contributed by atoms with van der Waals surface area (Å²) in [5.41, 5.74) is -0.113. The van der Waals surface area contributed by atoms with E-state index in [1.165, 1.54) is 0 Å². The third-order valence-electron chi connectivity index (χ3n) is 2.83. The van der Waals surface area contributed by atoms with Crippen molar-refractivity contribution in [3.63, 3.8) is 0 Å². The van der Waals surface area contributed by atoms with Crippen LogP contribution in [0.1, 0.15) is 27.2 Å². The molecule has 0 aliphatic heterocycles. The fraction of sp³-hybridized carbons (Fsp3) is 0.533. The topological polar surface area (TPSA) is 38.3 Å². The third-order valence-corrected chi connectivity index (χ3v) is 3.76. The Morgan fingerprint density at radius 2 is 2.00 bits per heavy atom. The van der Waals surface area contributed by atoms with Gasteiger partial charge in [0.25, 0.3) is 0 Å². The van der Waals surface area contributed by atoms with Crippen LogP contribution < -0.4 is 10.1 Å². The zero-order chi connectivity index (χ0) is 14.1. The molecule has 4 heteroatoms. The maximum Gasteiger partial charge on any atom is 0.230 e. The second-order valence-corrected chi connectivity index (χ2v) is 6.10. The fourth-order valence-corrected chi connectivity index (χ4v) is 2.01. The molecule has 0 heterocycles. The molecule has 0 radical (unpaired) electrons. The van der Waals surface area contributed by atoms with Crippen LogP contribution in [0.2, 0.25) is 0 Å². The van der Waals surface area contributed by atoms with Gasteiger partial charge in [-0.05, 0) is 32.4 Å². The lowest BCUT2D eigenvalue weighted by Gasteiger charge is -2.24. The summed E-state index contributed by atoms with van der Waals surface area (Å²) < 4.78 is 5.56. The summed E-state index contributed by atoms with van der Waals surface area (Å²) in [6.07, 6.45) is 0.931. The van der Waals surface area contributed by atoms with Gasteiger partial charge in [0.1, 0.15) is 5.75 Å². The zero-order valence-corrected chi connectivity index (χ0v) is 12.8. The van der Waals surface area contributed by atoms with Crippen LogP contribution in [-0.4, -0.2) is 29.6 Å². The predicted molar refractivity (Wildman–Crippen MR) is 81.8 cm³/mol. The fourth-order valence-electron chi connectivity index (χ4n) is 1.40. The Hall–Kier alpha value is -1.16. The Balaban J connectivity index is 2.09. The molecule has 0 aromatic heterocycles. The molecule has 0 aliphatic carbocycles. The number of benzene rings is 1. The van der Waals surface area contributed by atoms with Gasteiger partial charge < -0.3 is 10.1 Å². The van der Waals surface area contributed by atoms with E-state index in [1.54, 1.807) is 11.8 Å². The van der Waals surface area contributed by atoms with Crippen molar-refractivity contribution in [1.29, 1.82) is 0 Å². The Bertz CT molecular complexity index is 379. The van der Waals surface area contributed by atoms with Gasteiger partial charge in [0, 0.05) is 11.3 Å². The van der Waals surface area contributed by atoms with E-state index in [1.807, 2.05) is 44.2 Å². The lowest BCUT2D eigenvalue weighted by atomic mass is 10.0. The highest BCUT2D eigenvalue weighted by molar-refractivity contribution is 7.99. The standard InChI is InChI=1S/C15H23NO2S/c1-4-15(2,3)16-14(17)12-19-11-10-18-13-8-6-5-7-9-13/h5-9H,4,10-12H2,1-3H3,(H,16,17). The molecule has 1 aromatic carbocycles. The van der Waals surface area contributed by atoms with Gasteiger partial charge in [-0.2, -0.15) is 0 Å². The third kappa shape index (κ3) is 7.11. The minimum Gasteiger partial charge on any atom is -0.493 e. The van der Waals surface area contributed by atoms with Crippen molar-refractivity contribution >= 4 is 17.7 Å². The van der Waals surface area contributed by atoms with Gasteiger partial charge in [0.15, 0.2) is 0 Å². The van der Waals surface area contributed by atoms with Gasteiger partial charge in [-0.1, -0.05) is 25.1 Å². The highest BCUT2D eigenvalue weighted by atomic mass is 32.2. The number of carbonyl (C=O) groups is 1. The number of hydrogen-bond donors (Lipinski definition) is 1. The summed E-state index contributed by atoms with van der Waals surface area (Å²) in [6.45, 7) is 6.77. The number of para-hydroxylation sites is 1. The molecule has 1 amide bonds. The van der Waals surface area contributed by atoms with E-state index in [0.29, 0.717) is 12.4 Å². The molecule has 3 nitrogen and oxygen atoms in total. The van der Waals surface area contributed by atoms with E-state index < -0.39 is 0 Å². The monoisotopic (exact) mass is 281 g/mol. The van der Waals surface area contributed by atoms with Gasteiger partial charge in [0.2, 0.25) is 5.91 Å². The normalized spacial score (nSPS) is 11.1. The minimum absolute atomic E-state index is 0.0940. The van der Waals surface area contributed by atoms with Crippen molar-refractivity contribution in [2.75, 3.05) is 18.1 Å². The number of rotatable bonds is 8. The Kier molecular flexibility index (Phi) is 6.78. The van der Waals surface area contributed by atoms with Crippen molar-refractivity contribution in [2.24, 2.45) is 0 Å². The van der Waals surface area contributed by atoms with E-state index in [0.717, 1.165) is 17.9 Å².